The summed E-state index contributed by atoms with van der Waals surface area (Å²) in [7, 11) is -7.08. The predicted octanol–water partition coefficient (Wildman–Crippen LogP) is 4.00. The second-order valence-electron chi connectivity index (χ2n) is 7.97. The van der Waals surface area contributed by atoms with Crippen LogP contribution < -0.4 is 4.72 Å². The van der Waals surface area contributed by atoms with Gasteiger partial charge in [-0.2, -0.15) is 12.7 Å². The third-order valence-corrected chi connectivity index (χ3v) is 9.35. The van der Waals surface area contributed by atoms with Crippen molar-refractivity contribution in [3.8, 4) is 0 Å². The van der Waals surface area contributed by atoms with Crippen molar-refractivity contribution >= 4 is 52.9 Å². The lowest BCUT2D eigenvalue weighted by Crippen LogP contribution is -2.32. The first kappa shape index (κ1) is 27.1. The molecule has 9 nitrogen and oxygen atoms in total. The first-order valence-electron chi connectivity index (χ1n) is 10.8. The lowest BCUT2D eigenvalue weighted by atomic mass is 10.00. The van der Waals surface area contributed by atoms with Crippen molar-refractivity contribution in [1.29, 1.82) is 0 Å². The number of nitrogens with zero attached hydrogens (tertiary/aromatic N) is 3. The molecule has 0 bridgehead atoms. The topological polar surface area (TPSA) is 122 Å². The maximum Gasteiger partial charge on any atom is 0.301 e. The maximum absolute atomic E-state index is 15.5. The number of aliphatic hydroxyl groups excluding tert-OH is 1. The smallest absolute Gasteiger partial charge is 0.301 e. The minimum Gasteiger partial charge on any atom is -0.383 e. The summed E-state index contributed by atoms with van der Waals surface area (Å²) in [5.74, 6) is -2.51. The maximum atomic E-state index is 15.5. The highest BCUT2D eigenvalue weighted by molar-refractivity contribution is 9.10. The Hall–Kier alpha value is -2.91. The Morgan fingerprint density at radius 3 is 2.46 bits per heavy atom. The molecule has 4 aromatic rings. The summed E-state index contributed by atoms with van der Waals surface area (Å²) in [4.78, 5) is 4.09. The van der Waals surface area contributed by atoms with Gasteiger partial charge in [0, 0.05) is 41.4 Å². The lowest BCUT2D eigenvalue weighted by Gasteiger charge is -2.19. The molecule has 0 fully saturated rings. The van der Waals surface area contributed by atoms with E-state index < -0.39 is 49.2 Å². The van der Waals surface area contributed by atoms with Crippen molar-refractivity contribution in [3.05, 3.63) is 88.2 Å². The van der Waals surface area contributed by atoms with E-state index >= 15 is 4.39 Å². The van der Waals surface area contributed by atoms with Crippen LogP contribution in [0.3, 0.4) is 0 Å². The summed E-state index contributed by atoms with van der Waals surface area (Å²) in [6.45, 7) is 1.66. The Morgan fingerprint density at radius 1 is 1.14 bits per heavy atom. The van der Waals surface area contributed by atoms with E-state index in [-0.39, 0.29) is 28.0 Å². The van der Waals surface area contributed by atoms with Gasteiger partial charge in [0.25, 0.3) is 10.0 Å². The van der Waals surface area contributed by atoms with Gasteiger partial charge in [-0.1, -0.05) is 25.1 Å². The van der Waals surface area contributed by atoms with E-state index in [1.165, 1.54) is 43.6 Å². The molecule has 0 radical (unpaired) electrons. The average Bonchev–Trinajstić information content (AvgIpc) is 3.25. The molecule has 1 unspecified atom stereocenters. The van der Waals surface area contributed by atoms with Gasteiger partial charge < -0.3 is 5.11 Å². The van der Waals surface area contributed by atoms with E-state index in [4.69, 9.17) is 0 Å². The second kappa shape index (κ2) is 10.1. The number of benzene rings is 2. The van der Waals surface area contributed by atoms with Crippen LogP contribution in [0.4, 0.5) is 14.5 Å². The van der Waals surface area contributed by atoms with E-state index in [1.807, 2.05) is 4.72 Å². The van der Waals surface area contributed by atoms with E-state index in [2.05, 4.69) is 20.9 Å². The molecule has 1 atom stereocenters. The average molecular weight is 615 g/mol. The zero-order valence-electron chi connectivity index (χ0n) is 19.4. The first-order chi connectivity index (χ1) is 17.4. The molecular weight excluding hydrogens is 594 g/mol. The zero-order chi connectivity index (χ0) is 27.1. The number of aliphatic hydroxyl groups is 1. The van der Waals surface area contributed by atoms with Gasteiger partial charge in [-0.25, -0.2) is 26.2 Å². The van der Waals surface area contributed by atoms with Crippen LogP contribution in [-0.2, 0) is 20.2 Å². The first-order valence-corrected chi connectivity index (χ1v) is 14.4. The monoisotopic (exact) mass is 614 g/mol. The summed E-state index contributed by atoms with van der Waals surface area (Å²) in [6, 6.07) is 10.6. The fraction of sp³-hybridized carbons (Fsp3) is 0.174. The van der Waals surface area contributed by atoms with Crippen LogP contribution in [0.5, 0.6) is 0 Å². The molecule has 14 heteroatoms. The van der Waals surface area contributed by atoms with E-state index in [0.29, 0.717) is 4.47 Å². The third kappa shape index (κ3) is 4.99. The molecular formula is C23H21BrF2N4O5S2. The van der Waals surface area contributed by atoms with Gasteiger partial charge in [-0.05, 0) is 46.3 Å². The highest BCUT2D eigenvalue weighted by Crippen LogP contribution is 2.37. The molecule has 2 heterocycles. The Morgan fingerprint density at radius 2 is 1.81 bits per heavy atom. The van der Waals surface area contributed by atoms with Gasteiger partial charge >= 0.3 is 10.2 Å². The number of fused-ring (bicyclic) bond motifs is 1. The quantitative estimate of drug-likeness (QED) is 0.309. The highest BCUT2D eigenvalue weighted by Gasteiger charge is 2.30. The van der Waals surface area contributed by atoms with Gasteiger partial charge in [0.05, 0.1) is 16.1 Å². The molecule has 0 saturated carbocycles. The Labute approximate surface area is 220 Å². The molecule has 37 heavy (non-hydrogen) atoms. The van der Waals surface area contributed by atoms with Gasteiger partial charge in [0.1, 0.15) is 11.9 Å². The van der Waals surface area contributed by atoms with Gasteiger partial charge in [0.15, 0.2) is 11.5 Å². The molecule has 0 spiro atoms. The Kier molecular flexibility index (Phi) is 7.41. The van der Waals surface area contributed by atoms with E-state index in [0.717, 1.165) is 26.6 Å². The van der Waals surface area contributed by atoms with Crippen molar-refractivity contribution in [2.45, 2.75) is 17.9 Å². The van der Waals surface area contributed by atoms with Crippen LogP contribution in [-0.4, -0.2) is 48.8 Å². The summed E-state index contributed by atoms with van der Waals surface area (Å²) >= 11 is 3.24. The lowest BCUT2D eigenvalue weighted by molar-refractivity contribution is 0.210. The predicted molar refractivity (Wildman–Crippen MR) is 138 cm³/mol. The number of nitrogens with one attached hydrogen (secondary N) is 1. The minimum absolute atomic E-state index is 0.0635. The van der Waals surface area contributed by atoms with Crippen molar-refractivity contribution in [2.24, 2.45) is 0 Å². The van der Waals surface area contributed by atoms with Gasteiger partial charge in [-0.3, -0.25) is 4.72 Å². The molecule has 2 aromatic heterocycles. The standard InChI is InChI=1S/C23H21BrF2N4O5S2/c1-3-29(2)37(34,35)28-19-10-9-18(25)20(21(19)26)22(31)17-13-30(23-16(17)11-14(24)12-27-23)36(32,33)15-7-5-4-6-8-15/h4-13,22,28,31H,3H2,1-2H3. The van der Waals surface area contributed by atoms with Crippen LogP contribution in [0, 0.1) is 11.6 Å². The number of hydrogen-bond donors (Lipinski definition) is 2. The largest absolute Gasteiger partial charge is 0.383 e. The molecule has 0 aliphatic heterocycles. The number of hydrogen-bond acceptors (Lipinski definition) is 6. The summed E-state index contributed by atoms with van der Waals surface area (Å²) < 4.78 is 86.0. The Balaban J connectivity index is 1.89. The second-order valence-corrected chi connectivity index (χ2v) is 12.5. The molecule has 0 amide bonds. The van der Waals surface area contributed by atoms with Crippen molar-refractivity contribution in [3.63, 3.8) is 0 Å². The number of halogens is 3. The van der Waals surface area contributed by atoms with Crippen LogP contribution >= 0.6 is 15.9 Å². The van der Waals surface area contributed by atoms with Gasteiger partial charge in [-0.15, -0.1) is 0 Å². The van der Waals surface area contributed by atoms with Crippen LogP contribution in [0.25, 0.3) is 11.0 Å². The molecule has 2 N–H and O–H groups in total. The fourth-order valence-electron chi connectivity index (χ4n) is 3.63. The summed E-state index contributed by atoms with van der Waals surface area (Å²) in [5, 5.41) is 11.3. The van der Waals surface area contributed by atoms with Crippen molar-refractivity contribution < 1.29 is 30.7 Å². The minimum atomic E-state index is -4.20. The molecule has 2 aromatic carbocycles. The summed E-state index contributed by atoms with van der Waals surface area (Å²) in [6.07, 6.45) is 0.368. The molecule has 0 aliphatic rings. The van der Waals surface area contributed by atoms with Crippen LogP contribution in [0.15, 0.2) is 70.3 Å². The van der Waals surface area contributed by atoms with Crippen LogP contribution in [0.1, 0.15) is 24.2 Å². The highest BCUT2D eigenvalue weighted by atomic mass is 79.9. The number of anilines is 1. The molecule has 196 valence electrons. The number of aromatic nitrogens is 2. The van der Waals surface area contributed by atoms with E-state index in [9.17, 15) is 26.3 Å². The number of pyridine rings is 1. The Bertz CT molecular complexity index is 1700. The molecule has 4 rings (SSSR count). The third-order valence-electron chi connectivity index (χ3n) is 5.70. The SMILES string of the molecule is CCN(C)S(=O)(=O)Nc1ccc(F)c(C(O)c2cn(S(=O)(=O)c3ccccc3)c3ncc(Br)cc23)c1F. The normalized spacial score (nSPS) is 13.3. The van der Waals surface area contributed by atoms with Gasteiger partial charge in [0.2, 0.25) is 0 Å². The molecule has 0 saturated heterocycles. The van der Waals surface area contributed by atoms with Crippen LogP contribution in [0.2, 0.25) is 0 Å². The summed E-state index contributed by atoms with van der Waals surface area (Å²) in [5.41, 5.74) is -1.69. The van der Waals surface area contributed by atoms with E-state index in [1.54, 1.807) is 13.0 Å². The molecule has 0 aliphatic carbocycles. The van der Waals surface area contributed by atoms with Crippen molar-refractivity contribution in [2.75, 3.05) is 18.3 Å². The number of rotatable bonds is 8. The fourth-order valence-corrected chi connectivity index (χ4v) is 6.24. The zero-order valence-corrected chi connectivity index (χ0v) is 22.6. The van der Waals surface area contributed by atoms with Crippen molar-refractivity contribution in [1.82, 2.24) is 13.3 Å².